The molecule has 1 saturated heterocycles. The van der Waals surface area contributed by atoms with Crippen molar-refractivity contribution in [2.75, 3.05) is 6.54 Å². The van der Waals surface area contributed by atoms with Gasteiger partial charge in [0.2, 0.25) is 0 Å². The highest BCUT2D eigenvalue weighted by atomic mass is 32.1. The average Bonchev–Trinajstić information content (AvgIpc) is 2.95. The SMILES string of the molecule is CCC1(C)NC(=O)N(Cc2sccc2C#CCN)C1=O. The third-order valence-electron chi connectivity index (χ3n) is 3.42. The molecule has 1 aromatic heterocycles. The van der Waals surface area contributed by atoms with Crippen LogP contribution >= 0.6 is 11.3 Å². The number of carbonyl (C=O) groups excluding carboxylic acids is 2. The Morgan fingerprint density at radius 3 is 2.85 bits per heavy atom. The van der Waals surface area contributed by atoms with Crippen LogP contribution in [0.15, 0.2) is 11.4 Å². The van der Waals surface area contributed by atoms with Crippen molar-refractivity contribution in [1.29, 1.82) is 0 Å². The van der Waals surface area contributed by atoms with Gasteiger partial charge in [0, 0.05) is 10.4 Å². The van der Waals surface area contributed by atoms with Crippen LogP contribution in [-0.4, -0.2) is 28.9 Å². The fourth-order valence-corrected chi connectivity index (χ4v) is 2.81. The van der Waals surface area contributed by atoms with E-state index in [0.717, 1.165) is 10.4 Å². The Balaban J connectivity index is 2.21. The molecular weight excluding hydrogens is 274 g/mol. The monoisotopic (exact) mass is 291 g/mol. The predicted octanol–water partition coefficient (Wildman–Crippen LogP) is 1.28. The van der Waals surface area contributed by atoms with Crippen LogP contribution < -0.4 is 11.1 Å². The number of nitrogens with one attached hydrogen (secondary N) is 1. The minimum Gasteiger partial charge on any atom is -0.323 e. The molecule has 1 fully saturated rings. The fraction of sp³-hybridized carbons (Fsp3) is 0.429. The largest absolute Gasteiger partial charge is 0.325 e. The molecule has 106 valence electrons. The molecule has 1 aliphatic rings. The number of carbonyl (C=O) groups is 2. The van der Waals surface area contributed by atoms with Crippen LogP contribution in [0.25, 0.3) is 0 Å². The first-order valence-electron chi connectivity index (χ1n) is 6.41. The molecule has 3 amide bonds. The summed E-state index contributed by atoms with van der Waals surface area (Å²) in [7, 11) is 0. The highest BCUT2D eigenvalue weighted by molar-refractivity contribution is 7.10. The van der Waals surface area contributed by atoms with Gasteiger partial charge in [-0.3, -0.25) is 9.69 Å². The normalized spacial score (nSPS) is 21.6. The molecule has 0 aliphatic carbocycles. The van der Waals surface area contributed by atoms with Gasteiger partial charge < -0.3 is 11.1 Å². The zero-order valence-electron chi connectivity index (χ0n) is 11.5. The van der Waals surface area contributed by atoms with E-state index in [1.54, 1.807) is 6.92 Å². The van der Waals surface area contributed by atoms with Crippen molar-refractivity contribution >= 4 is 23.3 Å². The predicted molar refractivity (Wildman–Crippen MR) is 78.0 cm³/mol. The van der Waals surface area contributed by atoms with E-state index in [0.29, 0.717) is 6.42 Å². The van der Waals surface area contributed by atoms with Crippen molar-refractivity contribution in [3.63, 3.8) is 0 Å². The van der Waals surface area contributed by atoms with Gasteiger partial charge in [-0.2, -0.15) is 0 Å². The molecule has 2 rings (SSSR count). The first-order valence-corrected chi connectivity index (χ1v) is 7.29. The maximum Gasteiger partial charge on any atom is 0.325 e. The lowest BCUT2D eigenvalue weighted by Crippen LogP contribution is -2.43. The molecule has 2 heterocycles. The second kappa shape index (κ2) is 5.65. The molecule has 5 nitrogen and oxygen atoms in total. The molecule has 0 radical (unpaired) electrons. The topological polar surface area (TPSA) is 75.4 Å². The Morgan fingerprint density at radius 2 is 2.25 bits per heavy atom. The number of urea groups is 1. The van der Waals surface area contributed by atoms with Crippen molar-refractivity contribution < 1.29 is 9.59 Å². The smallest absolute Gasteiger partial charge is 0.323 e. The summed E-state index contributed by atoms with van der Waals surface area (Å²) in [6.45, 7) is 4.17. The van der Waals surface area contributed by atoms with Crippen LogP contribution in [0, 0.1) is 11.8 Å². The second-order valence-corrected chi connectivity index (χ2v) is 5.77. The zero-order valence-corrected chi connectivity index (χ0v) is 12.3. The molecule has 0 spiro atoms. The molecular formula is C14H17N3O2S. The number of hydrogen-bond acceptors (Lipinski definition) is 4. The van der Waals surface area contributed by atoms with Crippen LogP contribution in [0.5, 0.6) is 0 Å². The number of hydrogen-bond donors (Lipinski definition) is 2. The number of rotatable bonds is 3. The van der Waals surface area contributed by atoms with Crippen LogP contribution in [0.2, 0.25) is 0 Å². The summed E-state index contributed by atoms with van der Waals surface area (Å²) in [6.07, 6.45) is 0.568. The first kappa shape index (κ1) is 14.6. The summed E-state index contributed by atoms with van der Waals surface area (Å²) >= 11 is 1.48. The molecule has 1 atom stereocenters. The quantitative estimate of drug-likeness (QED) is 0.650. The third-order valence-corrected chi connectivity index (χ3v) is 4.33. The van der Waals surface area contributed by atoms with Gasteiger partial charge >= 0.3 is 6.03 Å². The highest BCUT2D eigenvalue weighted by Crippen LogP contribution is 2.25. The van der Waals surface area contributed by atoms with Crippen LogP contribution in [0.4, 0.5) is 4.79 Å². The Labute approximate surface area is 122 Å². The molecule has 3 N–H and O–H groups in total. The van der Waals surface area contributed by atoms with Gasteiger partial charge in [-0.1, -0.05) is 18.8 Å². The lowest BCUT2D eigenvalue weighted by molar-refractivity contribution is -0.131. The number of thiophene rings is 1. The summed E-state index contributed by atoms with van der Waals surface area (Å²) in [6, 6.07) is 1.53. The Hall–Kier alpha value is -1.84. The van der Waals surface area contributed by atoms with E-state index < -0.39 is 5.54 Å². The number of imide groups is 1. The number of nitrogens with zero attached hydrogens (tertiary/aromatic N) is 1. The molecule has 0 bridgehead atoms. The van der Waals surface area contributed by atoms with Gasteiger partial charge in [0.05, 0.1) is 13.1 Å². The summed E-state index contributed by atoms with van der Waals surface area (Å²) < 4.78 is 0. The van der Waals surface area contributed by atoms with Crippen LogP contribution in [-0.2, 0) is 11.3 Å². The van der Waals surface area contributed by atoms with Gasteiger partial charge in [-0.25, -0.2) is 4.79 Å². The zero-order chi connectivity index (χ0) is 14.8. The van der Waals surface area contributed by atoms with Gasteiger partial charge in [0.25, 0.3) is 5.91 Å². The van der Waals surface area contributed by atoms with E-state index in [1.165, 1.54) is 16.2 Å². The van der Waals surface area contributed by atoms with E-state index in [1.807, 2.05) is 18.4 Å². The van der Waals surface area contributed by atoms with E-state index in [2.05, 4.69) is 17.2 Å². The molecule has 1 aliphatic heterocycles. The van der Waals surface area contributed by atoms with Gasteiger partial charge in [-0.05, 0) is 24.8 Å². The first-order chi connectivity index (χ1) is 9.51. The summed E-state index contributed by atoms with van der Waals surface area (Å²) in [4.78, 5) is 26.4. The molecule has 0 saturated carbocycles. The Kier molecular flexibility index (Phi) is 4.12. The maximum atomic E-state index is 12.3. The van der Waals surface area contributed by atoms with E-state index in [4.69, 9.17) is 5.73 Å². The van der Waals surface area contributed by atoms with E-state index in [-0.39, 0.29) is 25.0 Å². The second-order valence-electron chi connectivity index (χ2n) is 4.77. The number of nitrogens with two attached hydrogens (primary N) is 1. The molecule has 1 aromatic rings. The lowest BCUT2D eigenvalue weighted by atomic mass is 9.99. The van der Waals surface area contributed by atoms with Gasteiger partial charge in [0.1, 0.15) is 5.54 Å². The van der Waals surface area contributed by atoms with Crippen molar-refractivity contribution in [1.82, 2.24) is 10.2 Å². The van der Waals surface area contributed by atoms with Crippen LogP contribution in [0.3, 0.4) is 0 Å². The molecule has 0 aromatic carbocycles. The van der Waals surface area contributed by atoms with Gasteiger partial charge in [-0.15, -0.1) is 11.3 Å². The summed E-state index contributed by atoms with van der Waals surface area (Å²) in [5.41, 5.74) is 5.39. The summed E-state index contributed by atoms with van der Waals surface area (Å²) in [5, 5.41) is 4.64. The molecule has 20 heavy (non-hydrogen) atoms. The third kappa shape index (κ3) is 2.55. The maximum absolute atomic E-state index is 12.3. The minimum absolute atomic E-state index is 0.184. The van der Waals surface area contributed by atoms with Crippen LogP contribution in [0.1, 0.15) is 30.7 Å². The van der Waals surface area contributed by atoms with Gasteiger partial charge in [0.15, 0.2) is 0 Å². The highest BCUT2D eigenvalue weighted by Gasteiger charge is 2.46. The van der Waals surface area contributed by atoms with Crippen molar-refractivity contribution in [3.8, 4) is 11.8 Å². The average molecular weight is 291 g/mol. The lowest BCUT2D eigenvalue weighted by Gasteiger charge is -2.19. The van der Waals surface area contributed by atoms with E-state index in [9.17, 15) is 9.59 Å². The number of amides is 3. The fourth-order valence-electron chi connectivity index (χ4n) is 1.99. The minimum atomic E-state index is -0.794. The van der Waals surface area contributed by atoms with Crippen molar-refractivity contribution in [3.05, 3.63) is 21.9 Å². The molecule has 1 unspecified atom stereocenters. The standard InChI is InChI=1S/C14H17N3O2S/c1-3-14(2)12(18)17(13(19)16-14)9-11-10(5-4-7-15)6-8-20-11/h6,8H,3,7,9,15H2,1-2H3,(H,16,19). The van der Waals surface area contributed by atoms with E-state index >= 15 is 0 Å². The van der Waals surface area contributed by atoms with Crippen molar-refractivity contribution in [2.24, 2.45) is 5.73 Å². The Morgan fingerprint density at radius 1 is 1.50 bits per heavy atom. The Bertz CT molecular complexity index is 599. The van der Waals surface area contributed by atoms with Crippen molar-refractivity contribution in [2.45, 2.75) is 32.4 Å². The molecule has 6 heteroatoms. The summed E-state index contributed by atoms with van der Waals surface area (Å²) in [5.74, 6) is 5.56.